The van der Waals surface area contributed by atoms with Crippen LogP contribution in [0.5, 0.6) is 0 Å². The van der Waals surface area contributed by atoms with Crippen molar-refractivity contribution in [1.82, 2.24) is 0 Å². The largest absolute Gasteiger partial charge is 0.462 e. The highest BCUT2D eigenvalue weighted by molar-refractivity contribution is 5.70. The van der Waals surface area contributed by atoms with Crippen LogP contribution in [0.1, 0.15) is 64.7 Å². The van der Waals surface area contributed by atoms with Crippen molar-refractivity contribution in [2.24, 2.45) is 11.8 Å². The minimum Gasteiger partial charge on any atom is -0.462 e. The molecule has 0 amide bonds. The Morgan fingerprint density at radius 1 is 1.17 bits per heavy atom. The highest BCUT2D eigenvalue weighted by Crippen LogP contribution is 2.50. The minimum atomic E-state index is -0.0134. The summed E-state index contributed by atoms with van der Waals surface area (Å²) >= 11 is 0. The smallest absolute Gasteiger partial charge is 0.306 e. The van der Waals surface area contributed by atoms with E-state index >= 15 is 0 Å². The van der Waals surface area contributed by atoms with Gasteiger partial charge >= 0.3 is 5.97 Å². The molecule has 23 heavy (non-hydrogen) atoms. The number of fused-ring (bicyclic) bond motifs is 1. The number of allylic oxidation sites excluding steroid dienone is 3. The van der Waals surface area contributed by atoms with Gasteiger partial charge in [0.05, 0.1) is 12.2 Å². The number of rotatable bonds is 8. The highest BCUT2D eigenvalue weighted by atomic mass is 16.6. The standard InChI is InChI=1S/C20H30O3/c1-2-3-4-5-6-7-8-9-11-15-16(14-18-20(15)23-18)17-12-10-13-19(21)22-17/h6-7,9,11,15-18,20H,2-5,8,10,12-14H2,1H3/b7-6-,11-9+/t15-,16+,17+,18-,20+/m1/s1. The van der Waals surface area contributed by atoms with E-state index in [0.29, 0.717) is 30.5 Å². The lowest BCUT2D eigenvalue weighted by atomic mass is 9.85. The summed E-state index contributed by atoms with van der Waals surface area (Å²) in [6, 6.07) is 0. The van der Waals surface area contributed by atoms with Crippen LogP contribution in [0, 0.1) is 11.8 Å². The third-order valence-corrected chi connectivity index (χ3v) is 5.40. The van der Waals surface area contributed by atoms with Gasteiger partial charge in [-0.3, -0.25) is 4.79 Å². The van der Waals surface area contributed by atoms with Crippen LogP contribution in [0.2, 0.25) is 0 Å². The Morgan fingerprint density at radius 3 is 2.91 bits per heavy atom. The topological polar surface area (TPSA) is 38.8 Å². The van der Waals surface area contributed by atoms with E-state index in [1.165, 1.54) is 25.7 Å². The second-order valence-electron chi connectivity index (χ2n) is 7.17. The van der Waals surface area contributed by atoms with Crippen LogP contribution in [-0.2, 0) is 14.3 Å². The van der Waals surface area contributed by atoms with E-state index in [1.807, 2.05) is 0 Å². The zero-order valence-electron chi connectivity index (χ0n) is 14.3. The molecular weight excluding hydrogens is 288 g/mol. The number of unbranched alkanes of at least 4 members (excludes halogenated alkanes) is 3. The van der Waals surface area contributed by atoms with Crippen LogP contribution in [0.15, 0.2) is 24.3 Å². The first-order valence-electron chi connectivity index (χ1n) is 9.46. The molecule has 2 saturated heterocycles. The summed E-state index contributed by atoms with van der Waals surface area (Å²) in [4.78, 5) is 11.6. The monoisotopic (exact) mass is 318 g/mol. The number of hydrogen-bond acceptors (Lipinski definition) is 3. The molecule has 5 atom stereocenters. The molecule has 3 aliphatic rings. The maximum Gasteiger partial charge on any atom is 0.306 e. The first-order valence-corrected chi connectivity index (χ1v) is 9.46. The van der Waals surface area contributed by atoms with Gasteiger partial charge < -0.3 is 9.47 Å². The normalized spacial score (nSPS) is 36.6. The van der Waals surface area contributed by atoms with Gasteiger partial charge in [-0.15, -0.1) is 0 Å². The maximum absolute atomic E-state index is 11.6. The molecule has 2 aliphatic heterocycles. The van der Waals surface area contributed by atoms with E-state index in [2.05, 4.69) is 31.2 Å². The summed E-state index contributed by atoms with van der Waals surface area (Å²) in [5, 5.41) is 0. The number of epoxide rings is 1. The molecule has 3 nitrogen and oxygen atoms in total. The molecule has 2 heterocycles. The van der Waals surface area contributed by atoms with Gasteiger partial charge in [-0.2, -0.15) is 0 Å². The van der Waals surface area contributed by atoms with Crippen LogP contribution in [0.4, 0.5) is 0 Å². The summed E-state index contributed by atoms with van der Waals surface area (Å²) in [6.45, 7) is 2.24. The molecule has 0 N–H and O–H groups in total. The van der Waals surface area contributed by atoms with Gasteiger partial charge in [-0.25, -0.2) is 0 Å². The third kappa shape index (κ3) is 4.47. The van der Waals surface area contributed by atoms with E-state index in [9.17, 15) is 4.79 Å². The fourth-order valence-corrected chi connectivity index (χ4v) is 4.08. The van der Waals surface area contributed by atoms with Crippen molar-refractivity contribution < 1.29 is 14.3 Å². The van der Waals surface area contributed by atoms with Crippen LogP contribution in [0.25, 0.3) is 0 Å². The van der Waals surface area contributed by atoms with Crippen molar-refractivity contribution in [2.45, 2.75) is 83.0 Å². The average Bonchev–Trinajstić information content (AvgIpc) is 3.23. The number of ether oxygens (including phenoxy) is 2. The number of carbonyl (C=O) groups is 1. The first-order chi connectivity index (χ1) is 11.3. The quantitative estimate of drug-likeness (QED) is 0.285. The van der Waals surface area contributed by atoms with Gasteiger partial charge in [0, 0.05) is 18.3 Å². The highest BCUT2D eigenvalue weighted by Gasteiger charge is 2.57. The molecule has 128 valence electrons. The van der Waals surface area contributed by atoms with E-state index in [1.54, 1.807) is 0 Å². The Morgan fingerprint density at radius 2 is 2.09 bits per heavy atom. The Balaban J connectivity index is 1.45. The molecule has 1 aliphatic carbocycles. The molecule has 0 unspecified atom stereocenters. The van der Waals surface area contributed by atoms with E-state index < -0.39 is 0 Å². The zero-order chi connectivity index (χ0) is 16.1. The van der Waals surface area contributed by atoms with Crippen molar-refractivity contribution in [3.63, 3.8) is 0 Å². The summed E-state index contributed by atoms with van der Waals surface area (Å²) < 4.78 is 11.3. The number of carbonyl (C=O) groups excluding carboxylic acids is 1. The van der Waals surface area contributed by atoms with Crippen LogP contribution >= 0.6 is 0 Å². The number of hydrogen-bond donors (Lipinski definition) is 0. The molecule has 0 radical (unpaired) electrons. The number of cyclic esters (lactones) is 1. The molecule has 0 bridgehead atoms. The van der Waals surface area contributed by atoms with E-state index in [4.69, 9.17) is 9.47 Å². The van der Waals surface area contributed by atoms with Gasteiger partial charge in [0.25, 0.3) is 0 Å². The lowest BCUT2D eigenvalue weighted by Crippen LogP contribution is -2.34. The molecule has 0 spiro atoms. The molecule has 1 saturated carbocycles. The SMILES string of the molecule is CCCCC/C=C\C/C=C/[C@@H]1[C@@H]([C@@H]2CCCC(=O)O2)C[C@H]2O[C@@H]12. The lowest BCUT2D eigenvalue weighted by Gasteiger charge is -2.31. The fourth-order valence-electron chi connectivity index (χ4n) is 4.08. The van der Waals surface area contributed by atoms with Gasteiger partial charge in [0.2, 0.25) is 0 Å². The van der Waals surface area contributed by atoms with E-state index in [-0.39, 0.29) is 12.1 Å². The molecule has 0 aromatic rings. The number of esters is 1. The van der Waals surface area contributed by atoms with E-state index in [0.717, 1.165) is 25.7 Å². The Bertz CT molecular complexity index is 454. The van der Waals surface area contributed by atoms with Gasteiger partial charge in [-0.05, 0) is 38.5 Å². The van der Waals surface area contributed by atoms with Crippen LogP contribution in [-0.4, -0.2) is 24.3 Å². The second kappa shape index (κ2) is 8.14. The first kappa shape index (κ1) is 16.8. The van der Waals surface area contributed by atoms with Crippen LogP contribution < -0.4 is 0 Å². The molecule has 0 aromatic carbocycles. The summed E-state index contributed by atoms with van der Waals surface area (Å²) in [5.74, 6) is 0.887. The Hall–Kier alpha value is -1.09. The summed E-state index contributed by atoms with van der Waals surface area (Å²) in [5.41, 5.74) is 0. The zero-order valence-corrected chi connectivity index (χ0v) is 14.3. The lowest BCUT2D eigenvalue weighted by molar-refractivity contribution is -0.158. The molecule has 0 aromatic heterocycles. The summed E-state index contributed by atoms with van der Waals surface area (Å²) in [7, 11) is 0. The summed E-state index contributed by atoms with van der Waals surface area (Å²) in [6.07, 6.45) is 19.8. The van der Waals surface area contributed by atoms with Crippen molar-refractivity contribution in [2.75, 3.05) is 0 Å². The van der Waals surface area contributed by atoms with Crippen molar-refractivity contribution in [3.05, 3.63) is 24.3 Å². The molecule has 3 heteroatoms. The second-order valence-corrected chi connectivity index (χ2v) is 7.17. The van der Waals surface area contributed by atoms with Crippen molar-refractivity contribution in [3.8, 4) is 0 Å². The maximum atomic E-state index is 11.6. The average molecular weight is 318 g/mol. The van der Waals surface area contributed by atoms with Gasteiger partial charge in [0.15, 0.2) is 0 Å². The van der Waals surface area contributed by atoms with Gasteiger partial charge in [-0.1, -0.05) is 44.1 Å². The predicted octanol–water partition coefficient (Wildman–Crippen LogP) is 4.57. The molecule has 3 fully saturated rings. The molecule has 3 rings (SSSR count). The Kier molecular flexibility index (Phi) is 5.93. The minimum absolute atomic E-state index is 0.0134. The third-order valence-electron chi connectivity index (χ3n) is 5.40. The predicted molar refractivity (Wildman–Crippen MR) is 91.0 cm³/mol. The van der Waals surface area contributed by atoms with Crippen molar-refractivity contribution >= 4 is 5.97 Å². The Labute approximate surface area is 140 Å². The molecular formula is C20H30O3. The van der Waals surface area contributed by atoms with Crippen molar-refractivity contribution in [1.29, 1.82) is 0 Å². The van der Waals surface area contributed by atoms with Gasteiger partial charge in [0.1, 0.15) is 6.10 Å². The van der Waals surface area contributed by atoms with Crippen LogP contribution in [0.3, 0.4) is 0 Å². The fraction of sp³-hybridized carbons (Fsp3) is 0.750.